The molecule has 1 aromatic carbocycles. The maximum absolute atomic E-state index is 13.9. The Morgan fingerprint density at radius 3 is 2.68 bits per heavy atom. The van der Waals surface area contributed by atoms with Gasteiger partial charge in [-0.15, -0.1) is 5.92 Å². The van der Waals surface area contributed by atoms with Gasteiger partial charge in [0, 0.05) is 30.8 Å². The molecule has 2 saturated heterocycles. The fourth-order valence-electron chi connectivity index (χ4n) is 5.24. The molecule has 7 heteroatoms. The minimum atomic E-state index is -1.09. The standard InChI is InChI=1S/C27H31FN4O2/c1-3-4-14-32-25(33)27(30-26(32)34,19-21-8-7-9-23(28)18-21)22-11-15-31(16-12-22)20(2)17-24-10-5-6-13-29-24/h5-10,13,18,20,22H,11-12,14-17,19H2,1-2H3,(H,30,34). The van der Waals surface area contributed by atoms with E-state index in [1.165, 1.54) is 17.0 Å². The number of amides is 3. The number of aromatic nitrogens is 1. The van der Waals surface area contributed by atoms with Crippen molar-refractivity contribution in [3.8, 4) is 11.8 Å². The van der Waals surface area contributed by atoms with E-state index in [9.17, 15) is 14.0 Å². The number of nitrogens with one attached hydrogen (secondary N) is 1. The first kappa shape index (κ1) is 23.9. The first-order chi connectivity index (χ1) is 16.4. The Balaban J connectivity index is 1.52. The second-order valence-corrected chi connectivity index (χ2v) is 9.21. The highest BCUT2D eigenvalue weighted by Gasteiger charge is 2.55. The lowest BCUT2D eigenvalue weighted by molar-refractivity contribution is -0.133. The Labute approximate surface area is 200 Å². The van der Waals surface area contributed by atoms with Crippen LogP contribution in [0.5, 0.6) is 0 Å². The maximum atomic E-state index is 13.9. The van der Waals surface area contributed by atoms with Gasteiger partial charge in [-0.3, -0.25) is 14.7 Å². The van der Waals surface area contributed by atoms with Gasteiger partial charge in [0.15, 0.2) is 0 Å². The first-order valence-electron chi connectivity index (χ1n) is 11.8. The molecule has 0 aliphatic carbocycles. The molecule has 0 bridgehead atoms. The van der Waals surface area contributed by atoms with Gasteiger partial charge in [0.25, 0.3) is 5.91 Å². The van der Waals surface area contributed by atoms with Gasteiger partial charge in [0.1, 0.15) is 11.4 Å². The highest BCUT2D eigenvalue weighted by atomic mass is 19.1. The maximum Gasteiger partial charge on any atom is 0.325 e. The van der Waals surface area contributed by atoms with Crippen LogP contribution in [0.15, 0.2) is 48.7 Å². The number of hydrogen-bond donors (Lipinski definition) is 1. The second-order valence-electron chi connectivity index (χ2n) is 9.21. The smallest absolute Gasteiger partial charge is 0.322 e. The van der Waals surface area contributed by atoms with Crippen LogP contribution in [0, 0.1) is 23.6 Å². The van der Waals surface area contributed by atoms with E-state index in [2.05, 4.69) is 34.0 Å². The van der Waals surface area contributed by atoms with Crippen LogP contribution in [0.1, 0.15) is 37.9 Å². The first-order valence-corrected chi connectivity index (χ1v) is 11.8. The molecule has 2 aliphatic heterocycles. The van der Waals surface area contributed by atoms with Crippen LogP contribution in [0.25, 0.3) is 0 Å². The van der Waals surface area contributed by atoms with Crippen LogP contribution >= 0.6 is 0 Å². The summed E-state index contributed by atoms with van der Waals surface area (Å²) >= 11 is 0. The van der Waals surface area contributed by atoms with E-state index in [0.717, 1.165) is 38.0 Å². The van der Waals surface area contributed by atoms with E-state index in [0.29, 0.717) is 11.6 Å². The second kappa shape index (κ2) is 10.4. The summed E-state index contributed by atoms with van der Waals surface area (Å²) in [4.78, 5) is 34.5. The summed E-state index contributed by atoms with van der Waals surface area (Å²) in [7, 11) is 0. The third-order valence-electron chi connectivity index (χ3n) is 7.07. The molecule has 34 heavy (non-hydrogen) atoms. The summed E-state index contributed by atoms with van der Waals surface area (Å²) in [5.74, 6) is 4.92. The number of halogens is 1. The molecule has 3 amide bonds. The highest BCUT2D eigenvalue weighted by Crippen LogP contribution is 2.37. The average Bonchev–Trinajstić information content (AvgIpc) is 3.08. The summed E-state index contributed by atoms with van der Waals surface area (Å²) in [6, 6.07) is 12.1. The van der Waals surface area contributed by atoms with Crippen molar-refractivity contribution in [1.82, 2.24) is 20.1 Å². The highest BCUT2D eigenvalue weighted by molar-refractivity contribution is 6.07. The molecule has 3 heterocycles. The number of carbonyl (C=O) groups is 2. The van der Waals surface area contributed by atoms with Crippen molar-refractivity contribution in [2.45, 2.75) is 51.1 Å². The molecule has 4 rings (SSSR count). The molecule has 2 unspecified atom stereocenters. The molecule has 2 atom stereocenters. The Morgan fingerprint density at radius 1 is 1.21 bits per heavy atom. The van der Waals surface area contributed by atoms with Crippen LogP contribution in [0.2, 0.25) is 0 Å². The minimum absolute atomic E-state index is 0.0508. The van der Waals surface area contributed by atoms with E-state index < -0.39 is 11.6 Å². The fraction of sp³-hybridized carbons (Fsp3) is 0.444. The van der Waals surface area contributed by atoms with Gasteiger partial charge < -0.3 is 10.2 Å². The van der Waals surface area contributed by atoms with Gasteiger partial charge in [-0.1, -0.05) is 24.1 Å². The summed E-state index contributed by atoms with van der Waals surface area (Å²) in [5.41, 5.74) is 0.671. The number of benzene rings is 1. The molecule has 0 spiro atoms. The Kier molecular flexibility index (Phi) is 7.28. The number of hydrogen-bond acceptors (Lipinski definition) is 4. The van der Waals surface area contributed by atoms with Crippen LogP contribution < -0.4 is 5.32 Å². The van der Waals surface area contributed by atoms with Crippen molar-refractivity contribution in [1.29, 1.82) is 0 Å². The predicted octanol–water partition coefficient (Wildman–Crippen LogP) is 3.42. The number of imide groups is 1. The summed E-state index contributed by atoms with van der Waals surface area (Å²) < 4.78 is 13.9. The predicted molar refractivity (Wildman–Crippen MR) is 128 cm³/mol. The van der Waals surface area contributed by atoms with Crippen molar-refractivity contribution in [3.05, 3.63) is 65.7 Å². The third kappa shape index (κ3) is 4.97. The molecule has 178 valence electrons. The molecular formula is C27H31FN4O2. The Bertz CT molecular complexity index is 1090. The molecule has 2 fully saturated rings. The third-order valence-corrected chi connectivity index (χ3v) is 7.07. The quantitative estimate of drug-likeness (QED) is 0.506. The lowest BCUT2D eigenvalue weighted by Gasteiger charge is -2.42. The fourth-order valence-corrected chi connectivity index (χ4v) is 5.24. The number of pyridine rings is 1. The molecule has 2 aliphatic rings. The van der Waals surface area contributed by atoms with Crippen molar-refractivity contribution in [2.24, 2.45) is 5.92 Å². The van der Waals surface area contributed by atoms with E-state index in [4.69, 9.17) is 0 Å². The van der Waals surface area contributed by atoms with E-state index >= 15 is 0 Å². The number of carbonyl (C=O) groups excluding carboxylic acids is 2. The van der Waals surface area contributed by atoms with Gasteiger partial charge in [-0.25, -0.2) is 9.18 Å². The monoisotopic (exact) mass is 462 g/mol. The number of rotatable bonds is 7. The number of urea groups is 1. The van der Waals surface area contributed by atoms with Gasteiger partial charge in [0.05, 0.1) is 6.54 Å². The van der Waals surface area contributed by atoms with Crippen molar-refractivity contribution in [2.75, 3.05) is 19.6 Å². The molecule has 1 aromatic heterocycles. The Hall–Kier alpha value is -3.24. The minimum Gasteiger partial charge on any atom is -0.322 e. The van der Waals surface area contributed by atoms with Crippen molar-refractivity contribution >= 4 is 11.9 Å². The summed E-state index contributed by atoms with van der Waals surface area (Å²) in [6.07, 6.45) is 4.47. The zero-order valence-corrected chi connectivity index (χ0v) is 19.8. The van der Waals surface area contributed by atoms with Crippen LogP contribution in [0.3, 0.4) is 0 Å². The summed E-state index contributed by atoms with van der Waals surface area (Å²) in [6.45, 7) is 5.58. The molecule has 0 radical (unpaired) electrons. The SMILES string of the molecule is CC#CCN1C(=O)NC(Cc2cccc(F)c2)(C2CCN(C(C)Cc3ccccn3)CC2)C1=O. The lowest BCUT2D eigenvalue weighted by Crippen LogP contribution is -2.58. The van der Waals surface area contributed by atoms with Crippen molar-refractivity contribution < 1.29 is 14.0 Å². The zero-order valence-electron chi connectivity index (χ0n) is 19.8. The molecular weight excluding hydrogens is 431 g/mol. The summed E-state index contributed by atoms with van der Waals surface area (Å²) in [5, 5.41) is 3.02. The lowest BCUT2D eigenvalue weighted by atomic mass is 9.73. The molecule has 2 aromatic rings. The molecule has 1 N–H and O–H groups in total. The molecule has 0 saturated carbocycles. The topological polar surface area (TPSA) is 65.5 Å². The van der Waals surface area contributed by atoms with Gasteiger partial charge >= 0.3 is 6.03 Å². The van der Waals surface area contributed by atoms with E-state index in [-0.39, 0.29) is 30.6 Å². The average molecular weight is 463 g/mol. The number of piperidine rings is 1. The number of nitrogens with zero attached hydrogens (tertiary/aromatic N) is 3. The van der Waals surface area contributed by atoms with Crippen molar-refractivity contribution in [3.63, 3.8) is 0 Å². The van der Waals surface area contributed by atoms with Crippen LogP contribution in [-0.4, -0.2) is 57.9 Å². The van der Waals surface area contributed by atoms with Gasteiger partial charge in [0.2, 0.25) is 0 Å². The van der Waals surface area contributed by atoms with E-state index in [1.807, 2.05) is 30.5 Å². The Morgan fingerprint density at radius 2 is 2.00 bits per heavy atom. The normalized spacial score (nSPS) is 22.3. The van der Waals surface area contributed by atoms with Crippen LogP contribution in [0.4, 0.5) is 9.18 Å². The van der Waals surface area contributed by atoms with E-state index in [1.54, 1.807) is 13.0 Å². The largest absolute Gasteiger partial charge is 0.325 e. The van der Waals surface area contributed by atoms with Crippen LogP contribution in [-0.2, 0) is 17.6 Å². The van der Waals surface area contributed by atoms with Gasteiger partial charge in [-0.05, 0) is 75.5 Å². The van der Waals surface area contributed by atoms with Gasteiger partial charge in [-0.2, -0.15) is 0 Å². The zero-order chi connectivity index (χ0) is 24.1. The molecule has 6 nitrogen and oxygen atoms in total. The number of likely N-dealkylation sites (tertiary alicyclic amines) is 1.